The zero-order valence-corrected chi connectivity index (χ0v) is 15.4. The Bertz CT molecular complexity index is 840. The van der Waals surface area contributed by atoms with E-state index in [2.05, 4.69) is 16.9 Å². The number of amides is 1. The Kier molecular flexibility index (Phi) is 4.78. The molecule has 1 aromatic heterocycles. The summed E-state index contributed by atoms with van der Waals surface area (Å²) in [7, 11) is -3.78. The lowest BCUT2D eigenvalue weighted by Gasteiger charge is -2.12. The number of thiophene rings is 1. The van der Waals surface area contributed by atoms with Crippen LogP contribution in [0, 0.1) is 19.8 Å². The lowest BCUT2D eigenvalue weighted by atomic mass is 9.96. The van der Waals surface area contributed by atoms with Crippen LogP contribution in [0.1, 0.15) is 40.5 Å². The van der Waals surface area contributed by atoms with Crippen molar-refractivity contribution in [2.75, 3.05) is 0 Å². The van der Waals surface area contributed by atoms with E-state index < -0.39 is 10.0 Å². The number of nitrogens with one attached hydrogen (secondary N) is 1. The predicted octanol–water partition coefficient (Wildman–Crippen LogP) is 3.75. The van der Waals surface area contributed by atoms with Gasteiger partial charge in [0, 0.05) is 15.7 Å². The molecule has 2 atom stereocenters. The molecule has 1 N–H and O–H groups in total. The van der Waals surface area contributed by atoms with Crippen LogP contribution in [0.2, 0.25) is 0 Å². The van der Waals surface area contributed by atoms with Crippen LogP contribution >= 0.6 is 11.3 Å². The molecule has 1 heterocycles. The van der Waals surface area contributed by atoms with Crippen molar-refractivity contribution in [3.05, 3.63) is 51.7 Å². The third kappa shape index (κ3) is 3.54. The Morgan fingerprint density at radius 1 is 1.17 bits per heavy atom. The Hall–Kier alpha value is -1.66. The normalized spacial score (nSPS) is 20.9. The van der Waals surface area contributed by atoms with Gasteiger partial charge in [-0.3, -0.25) is 4.79 Å². The Labute approximate surface area is 147 Å². The number of carbonyl (C=O) groups is 1. The van der Waals surface area contributed by atoms with Crippen molar-refractivity contribution in [2.45, 2.75) is 43.9 Å². The van der Waals surface area contributed by atoms with Crippen LogP contribution in [-0.4, -0.2) is 14.3 Å². The zero-order valence-electron chi connectivity index (χ0n) is 13.8. The van der Waals surface area contributed by atoms with E-state index in [9.17, 15) is 13.2 Å². The molecule has 4 nitrogen and oxygen atoms in total. The number of hydrogen-bond acceptors (Lipinski definition) is 4. The van der Waals surface area contributed by atoms with Gasteiger partial charge in [-0.05, 0) is 50.7 Å². The molecule has 24 heavy (non-hydrogen) atoms. The molecule has 0 bridgehead atoms. The highest BCUT2D eigenvalue weighted by atomic mass is 32.2. The SMILES string of the molecule is Cc1cc(S(=O)(=O)NC(=O)[C@@H]2CC[C@@H](c3ccccc3)C2)c(C)s1. The largest absolute Gasteiger partial charge is 0.274 e. The van der Waals surface area contributed by atoms with E-state index in [1.54, 1.807) is 13.0 Å². The number of benzene rings is 1. The van der Waals surface area contributed by atoms with Gasteiger partial charge in [0.1, 0.15) is 4.90 Å². The molecule has 6 heteroatoms. The fourth-order valence-electron chi connectivity index (χ4n) is 3.39. The smallest absolute Gasteiger partial charge is 0.265 e. The van der Waals surface area contributed by atoms with E-state index in [-0.39, 0.29) is 16.7 Å². The van der Waals surface area contributed by atoms with Crippen molar-refractivity contribution < 1.29 is 13.2 Å². The average Bonchev–Trinajstić information content (AvgIpc) is 3.15. The molecular weight excluding hydrogens is 342 g/mol. The Balaban J connectivity index is 1.69. The summed E-state index contributed by atoms with van der Waals surface area (Å²) in [6, 6.07) is 11.7. The monoisotopic (exact) mass is 363 g/mol. The van der Waals surface area contributed by atoms with Crippen LogP contribution in [0.5, 0.6) is 0 Å². The molecule has 1 aliphatic rings. The van der Waals surface area contributed by atoms with E-state index in [1.165, 1.54) is 16.9 Å². The summed E-state index contributed by atoms with van der Waals surface area (Å²) < 4.78 is 27.2. The van der Waals surface area contributed by atoms with Gasteiger partial charge in [-0.25, -0.2) is 13.1 Å². The fraction of sp³-hybridized carbons (Fsp3) is 0.389. The summed E-state index contributed by atoms with van der Waals surface area (Å²) in [5, 5.41) is 0. The van der Waals surface area contributed by atoms with Gasteiger partial charge in [0.15, 0.2) is 0 Å². The molecule has 3 rings (SSSR count). The first-order chi connectivity index (χ1) is 11.4. The first kappa shape index (κ1) is 17.2. The quantitative estimate of drug-likeness (QED) is 0.900. The molecule has 2 aromatic rings. The minimum absolute atomic E-state index is 0.218. The molecule has 1 aromatic carbocycles. The van der Waals surface area contributed by atoms with Gasteiger partial charge < -0.3 is 0 Å². The molecule has 0 spiro atoms. The van der Waals surface area contributed by atoms with Crippen molar-refractivity contribution >= 4 is 27.3 Å². The van der Waals surface area contributed by atoms with Gasteiger partial charge in [-0.1, -0.05) is 30.3 Å². The molecular formula is C18H21NO3S2. The van der Waals surface area contributed by atoms with Crippen LogP contribution < -0.4 is 4.72 Å². The summed E-state index contributed by atoms with van der Waals surface area (Å²) in [4.78, 5) is 14.3. The van der Waals surface area contributed by atoms with Gasteiger partial charge in [0.2, 0.25) is 5.91 Å². The molecule has 1 aliphatic carbocycles. The van der Waals surface area contributed by atoms with Crippen LogP contribution in [0.4, 0.5) is 0 Å². The Morgan fingerprint density at radius 2 is 1.88 bits per heavy atom. The maximum atomic E-state index is 12.5. The second kappa shape index (κ2) is 6.69. The van der Waals surface area contributed by atoms with Crippen LogP contribution in [0.15, 0.2) is 41.3 Å². The van der Waals surface area contributed by atoms with Crippen molar-refractivity contribution in [1.82, 2.24) is 4.72 Å². The van der Waals surface area contributed by atoms with E-state index >= 15 is 0 Å². The molecule has 0 aliphatic heterocycles. The average molecular weight is 364 g/mol. The van der Waals surface area contributed by atoms with Crippen LogP contribution in [-0.2, 0) is 14.8 Å². The molecule has 1 saturated carbocycles. The molecule has 1 amide bonds. The van der Waals surface area contributed by atoms with Gasteiger partial charge >= 0.3 is 0 Å². The van der Waals surface area contributed by atoms with Crippen LogP contribution in [0.25, 0.3) is 0 Å². The van der Waals surface area contributed by atoms with Crippen molar-refractivity contribution in [3.8, 4) is 0 Å². The topological polar surface area (TPSA) is 63.2 Å². The second-order valence-electron chi connectivity index (χ2n) is 6.36. The molecule has 0 saturated heterocycles. The van der Waals surface area contributed by atoms with Crippen molar-refractivity contribution in [1.29, 1.82) is 0 Å². The molecule has 128 valence electrons. The van der Waals surface area contributed by atoms with Gasteiger partial charge in [-0.15, -0.1) is 11.3 Å². The maximum absolute atomic E-state index is 12.5. The van der Waals surface area contributed by atoms with E-state index in [1.807, 2.05) is 25.1 Å². The summed E-state index contributed by atoms with van der Waals surface area (Å²) in [5.74, 6) is -0.295. The van der Waals surface area contributed by atoms with Crippen molar-refractivity contribution in [2.24, 2.45) is 5.92 Å². The van der Waals surface area contributed by atoms with E-state index in [4.69, 9.17) is 0 Å². The van der Waals surface area contributed by atoms with Crippen molar-refractivity contribution in [3.63, 3.8) is 0 Å². The number of aryl methyl sites for hydroxylation is 2. The minimum Gasteiger partial charge on any atom is -0.274 e. The van der Waals surface area contributed by atoms with E-state index in [0.717, 1.165) is 17.7 Å². The summed E-state index contributed by atoms with van der Waals surface area (Å²) in [5.41, 5.74) is 1.22. The number of rotatable bonds is 4. The zero-order chi connectivity index (χ0) is 17.3. The number of sulfonamides is 1. The highest BCUT2D eigenvalue weighted by Gasteiger charge is 2.33. The molecule has 1 fully saturated rings. The highest BCUT2D eigenvalue weighted by Crippen LogP contribution is 2.38. The summed E-state index contributed by atoms with van der Waals surface area (Å²) in [6.07, 6.45) is 2.34. The fourth-order valence-corrected chi connectivity index (χ4v) is 5.99. The van der Waals surface area contributed by atoms with E-state index in [0.29, 0.717) is 17.2 Å². The Morgan fingerprint density at radius 3 is 2.50 bits per heavy atom. The molecule has 0 radical (unpaired) electrons. The summed E-state index contributed by atoms with van der Waals surface area (Å²) >= 11 is 1.42. The summed E-state index contributed by atoms with van der Waals surface area (Å²) in [6.45, 7) is 3.62. The first-order valence-corrected chi connectivity index (χ1v) is 10.4. The third-order valence-corrected chi connectivity index (χ3v) is 7.16. The predicted molar refractivity (Wildman–Crippen MR) is 95.6 cm³/mol. The highest BCUT2D eigenvalue weighted by molar-refractivity contribution is 7.90. The lowest BCUT2D eigenvalue weighted by Crippen LogP contribution is -2.35. The lowest BCUT2D eigenvalue weighted by molar-refractivity contribution is -0.123. The van der Waals surface area contributed by atoms with Crippen LogP contribution in [0.3, 0.4) is 0 Å². The maximum Gasteiger partial charge on any atom is 0.265 e. The minimum atomic E-state index is -3.78. The second-order valence-corrected chi connectivity index (χ2v) is 9.48. The standard InChI is InChI=1S/C18H21NO3S2/c1-12-10-17(13(2)23-12)24(21,22)19-18(20)16-9-8-15(11-16)14-6-4-3-5-7-14/h3-7,10,15-16H,8-9,11H2,1-2H3,(H,19,20)/t15-,16-/m1/s1. The number of carbonyl (C=O) groups excluding carboxylic acids is 1. The molecule has 0 unspecified atom stereocenters. The first-order valence-electron chi connectivity index (χ1n) is 8.05. The van der Waals surface area contributed by atoms with Gasteiger partial charge in [0.25, 0.3) is 10.0 Å². The third-order valence-electron chi connectivity index (χ3n) is 4.59. The van der Waals surface area contributed by atoms with Gasteiger partial charge in [0.05, 0.1) is 0 Å². The number of hydrogen-bond donors (Lipinski definition) is 1. The van der Waals surface area contributed by atoms with Gasteiger partial charge in [-0.2, -0.15) is 0 Å².